The van der Waals surface area contributed by atoms with Crippen LogP contribution in [0.4, 0.5) is 10.5 Å². The van der Waals surface area contributed by atoms with Gasteiger partial charge in [0, 0.05) is 11.7 Å². The molecule has 1 aliphatic carbocycles. The Balaban J connectivity index is 1.90. The van der Waals surface area contributed by atoms with Crippen LogP contribution in [0.25, 0.3) is 0 Å². The molecule has 19 heavy (non-hydrogen) atoms. The molecular formula is C14H18N2O3. The zero-order valence-corrected chi connectivity index (χ0v) is 10.7. The van der Waals surface area contributed by atoms with Crippen LogP contribution >= 0.6 is 0 Å². The lowest BCUT2D eigenvalue weighted by Gasteiger charge is -2.13. The second-order valence-electron chi connectivity index (χ2n) is 4.85. The van der Waals surface area contributed by atoms with Crippen molar-refractivity contribution in [1.82, 2.24) is 5.32 Å². The molecule has 0 heterocycles. The third kappa shape index (κ3) is 4.28. The van der Waals surface area contributed by atoms with E-state index in [-0.39, 0.29) is 18.5 Å². The van der Waals surface area contributed by atoms with E-state index in [4.69, 9.17) is 5.11 Å². The van der Waals surface area contributed by atoms with Gasteiger partial charge in [0.25, 0.3) is 0 Å². The lowest BCUT2D eigenvalue weighted by molar-refractivity contribution is -0.136. The lowest BCUT2D eigenvalue weighted by Crippen LogP contribution is -2.36. The number of urea groups is 1. The molecule has 0 bridgehead atoms. The molecule has 1 saturated carbocycles. The molecule has 2 amide bonds. The molecule has 0 radical (unpaired) electrons. The van der Waals surface area contributed by atoms with E-state index in [9.17, 15) is 9.59 Å². The standard InChI is InChI=1S/C14H18N2O3/c17-13(18)9-10-4-3-7-12(8-10)16-14(19)15-11-5-1-2-6-11/h3-4,7-8,11H,1-2,5-6,9H2,(H,17,18)(H2,15,16,19). The van der Waals surface area contributed by atoms with Crippen molar-refractivity contribution in [2.24, 2.45) is 0 Å². The van der Waals surface area contributed by atoms with Crippen molar-refractivity contribution in [2.45, 2.75) is 38.1 Å². The summed E-state index contributed by atoms with van der Waals surface area (Å²) >= 11 is 0. The maximum Gasteiger partial charge on any atom is 0.319 e. The van der Waals surface area contributed by atoms with Gasteiger partial charge in [0.1, 0.15) is 0 Å². The molecule has 0 saturated heterocycles. The average Bonchev–Trinajstić information content (AvgIpc) is 2.81. The number of hydrogen-bond donors (Lipinski definition) is 3. The molecule has 0 unspecified atom stereocenters. The van der Waals surface area contributed by atoms with Crippen molar-refractivity contribution in [3.8, 4) is 0 Å². The Bertz CT molecular complexity index is 468. The number of carbonyl (C=O) groups excluding carboxylic acids is 1. The van der Waals surface area contributed by atoms with Crippen LogP contribution in [0.3, 0.4) is 0 Å². The zero-order chi connectivity index (χ0) is 13.7. The van der Waals surface area contributed by atoms with E-state index in [1.807, 2.05) is 0 Å². The molecule has 1 aromatic rings. The Hall–Kier alpha value is -2.04. The molecule has 0 aliphatic heterocycles. The van der Waals surface area contributed by atoms with E-state index in [1.165, 1.54) is 12.8 Å². The smallest absolute Gasteiger partial charge is 0.319 e. The van der Waals surface area contributed by atoms with E-state index in [0.29, 0.717) is 11.3 Å². The summed E-state index contributed by atoms with van der Waals surface area (Å²) in [7, 11) is 0. The van der Waals surface area contributed by atoms with Crippen molar-refractivity contribution in [1.29, 1.82) is 0 Å². The van der Waals surface area contributed by atoms with Crippen LogP contribution < -0.4 is 10.6 Å². The molecule has 0 atom stereocenters. The van der Waals surface area contributed by atoms with Gasteiger partial charge in [0.15, 0.2) is 0 Å². The number of amides is 2. The number of hydrogen-bond acceptors (Lipinski definition) is 2. The minimum absolute atomic E-state index is 0.0419. The van der Waals surface area contributed by atoms with E-state index >= 15 is 0 Å². The highest BCUT2D eigenvalue weighted by molar-refractivity contribution is 5.89. The van der Waals surface area contributed by atoms with E-state index in [0.717, 1.165) is 12.8 Å². The first-order valence-corrected chi connectivity index (χ1v) is 6.52. The first-order chi connectivity index (χ1) is 9.13. The highest BCUT2D eigenvalue weighted by Crippen LogP contribution is 2.18. The summed E-state index contributed by atoms with van der Waals surface area (Å²) in [6.45, 7) is 0. The summed E-state index contributed by atoms with van der Waals surface area (Å²) in [5.41, 5.74) is 1.29. The Morgan fingerprint density at radius 1 is 1.26 bits per heavy atom. The van der Waals surface area contributed by atoms with Crippen LogP contribution in [0.5, 0.6) is 0 Å². The van der Waals surface area contributed by atoms with Gasteiger partial charge in [0.2, 0.25) is 0 Å². The van der Waals surface area contributed by atoms with E-state index < -0.39 is 5.97 Å². The molecule has 0 aromatic heterocycles. The van der Waals surface area contributed by atoms with Gasteiger partial charge in [-0.3, -0.25) is 4.79 Å². The maximum atomic E-state index is 11.8. The van der Waals surface area contributed by atoms with Crippen LogP contribution in [0.2, 0.25) is 0 Å². The topological polar surface area (TPSA) is 78.4 Å². The SMILES string of the molecule is O=C(O)Cc1cccc(NC(=O)NC2CCCC2)c1. The molecule has 5 nitrogen and oxygen atoms in total. The Morgan fingerprint density at radius 2 is 2.00 bits per heavy atom. The fourth-order valence-electron chi connectivity index (χ4n) is 2.36. The van der Waals surface area contributed by atoms with Gasteiger partial charge in [-0.2, -0.15) is 0 Å². The van der Waals surface area contributed by atoms with Crippen LogP contribution in [0.1, 0.15) is 31.2 Å². The van der Waals surface area contributed by atoms with Crippen LogP contribution in [-0.2, 0) is 11.2 Å². The molecule has 1 aromatic carbocycles. The second-order valence-corrected chi connectivity index (χ2v) is 4.85. The predicted molar refractivity (Wildman–Crippen MR) is 72.2 cm³/mol. The Labute approximate surface area is 112 Å². The number of benzene rings is 1. The normalized spacial score (nSPS) is 15.2. The number of rotatable bonds is 4. The number of carboxylic acids is 1. The first-order valence-electron chi connectivity index (χ1n) is 6.52. The van der Waals surface area contributed by atoms with Crippen molar-refractivity contribution in [3.05, 3.63) is 29.8 Å². The van der Waals surface area contributed by atoms with Gasteiger partial charge in [-0.25, -0.2) is 4.79 Å². The minimum atomic E-state index is -0.882. The summed E-state index contributed by atoms with van der Waals surface area (Å²) < 4.78 is 0. The van der Waals surface area contributed by atoms with Crippen molar-refractivity contribution in [3.63, 3.8) is 0 Å². The number of carboxylic acid groups (broad SMARTS) is 1. The highest BCUT2D eigenvalue weighted by Gasteiger charge is 2.16. The molecular weight excluding hydrogens is 244 g/mol. The molecule has 1 fully saturated rings. The number of anilines is 1. The number of nitrogens with one attached hydrogen (secondary N) is 2. The Morgan fingerprint density at radius 3 is 2.68 bits per heavy atom. The van der Waals surface area contributed by atoms with Gasteiger partial charge in [0.05, 0.1) is 6.42 Å². The number of carbonyl (C=O) groups is 2. The van der Waals surface area contributed by atoms with Crippen LogP contribution in [-0.4, -0.2) is 23.1 Å². The predicted octanol–water partition coefficient (Wildman–Crippen LogP) is 2.38. The zero-order valence-electron chi connectivity index (χ0n) is 10.7. The first kappa shape index (κ1) is 13.4. The summed E-state index contributed by atoms with van der Waals surface area (Å²) in [6.07, 6.45) is 4.36. The molecule has 0 spiro atoms. The molecule has 102 valence electrons. The lowest BCUT2D eigenvalue weighted by atomic mass is 10.1. The Kier molecular flexibility index (Phi) is 4.39. The molecule has 2 rings (SSSR count). The number of aliphatic carboxylic acids is 1. The third-order valence-corrected chi connectivity index (χ3v) is 3.23. The summed E-state index contributed by atoms with van der Waals surface area (Å²) in [5.74, 6) is -0.882. The van der Waals surface area contributed by atoms with Gasteiger partial charge < -0.3 is 15.7 Å². The fraction of sp³-hybridized carbons (Fsp3) is 0.429. The van der Waals surface area contributed by atoms with E-state index in [1.54, 1.807) is 24.3 Å². The van der Waals surface area contributed by atoms with Crippen molar-refractivity contribution in [2.75, 3.05) is 5.32 Å². The van der Waals surface area contributed by atoms with Crippen molar-refractivity contribution >= 4 is 17.7 Å². The highest BCUT2D eigenvalue weighted by atomic mass is 16.4. The monoisotopic (exact) mass is 262 g/mol. The maximum absolute atomic E-state index is 11.8. The van der Waals surface area contributed by atoms with Crippen molar-refractivity contribution < 1.29 is 14.7 Å². The second kappa shape index (κ2) is 6.22. The average molecular weight is 262 g/mol. The van der Waals surface area contributed by atoms with Crippen LogP contribution in [0.15, 0.2) is 24.3 Å². The van der Waals surface area contributed by atoms with Crippen LogP contribution in [0, 0.1) is 0 Å². The van der Waals surface area contributed by atoms with Gasteiger partial charge in [-0.15, -0.1) is 0 Å². The third-order valence-electron chi connectivity index (χ3n) is 3.23. The molecule has 5 heteroatoms. The molecule has 3 N–H and O–H groups in total. The fourth-order valence-corrected chi connectivity index (χ4v) is 2.36. The minimum Gasteiger partial charge on any atom is -0.481 e. The largest absolute Gasteiger partial charge is 0.481 e. The van der Waals surface area contributed by atoms with Gasteiger partial charge >= 0.3 is 12.0 Å². The van der Waals surface area contributed by atoms with Gasteiger partial charge in [-0.05, 0) is 30.5 Å². The summed E-state index contributed by atoms with van der Waals surface area (Å²) in [6, 6.07) is 6.95. The van der Waals surface area contributed by atoms with Gasteiger partial charge in [-0.1, -0.05) is 25.0 Å². The summed E-state index contributed by atoms with van der Waals surface area (Å²) in [5, 5.41) is 14.4. The van der Waals surface area contributed by atoms with E-state index in [2.05, 4.69) is 10.6 Å². The quantitative estimate of drug-likeness (QED) is 0.779. The summed E-state index contributed by atoms with van der Waals surface area (Å²) in [4.78, 5) is 22.4. The molecule has 1 aliphatic rings.